The smallest absolute Gasteiger partial charge is 0.308 e. The molecule has 2 aliphatic heterocycles. The molecule has 6 nitrogen and oxygen atoms in total. The normalized spacial score (nSPS) is 29.8. The molecule has 6 heteroatoms. The highest BCUT2D eigenvalue weighted by Gasteiger charge is 2.45. The minimum Gasteiger partial charge on any atom is -0.481 e. The van der Waals surface area contributed by atoms with E-state index in [1.165, 1.54) is 0 Å². The van der Waals surface area contributed by atoms with E-state index >= 15 is 0 Å². The van der Waals surface area contributed by atoms with Crippen LogP contribution in [-0.2, 0) is 14.4 Å². The van der Waals surface area contributed by atoms with E-state index in [0.717, 1.165) is 57.2 Å². The van der Waals surface area contributed by atoms with Gasteiger partial charge in [0.25, 0.3) is 0 Å². The largest absolute Gasteiger partial charge is 0.481 e. The van der Waals surface area contributed by atoms with Crippen LogP contribution in [0.25, 0.3) is 0 Å². The van der Waals surface area contributed by atoms with Gasteiger partial charge in [0.2, 0.25) is 11.8 Å². The first-order valence-electron chi connectivity index (χ1n) is 10.9. The van der Waals surface area contributed by atoms with Gasteiger partial charge in [0, 0.05) is 43.9 Å². The van der Waals surface area contributed by atoms with E-state index in [2.05, 4.69) is 0 Å². The third-order valence-electron chi connectivity index (χ3n) is 6.99. The third-order valence-corrected chi connectivity index (χ3v) is 6.99. The monoisotopic (exact) mass is 398 g/mol. The number of aliphatic carboxylic acids is 1. The highest BCUT2D eigenvalue weighted by molar-refractivity contribution is 5.89. The molecule has 1 N–H and O–H groups in total. The van der Waals surface area contributed by atoms with Crippen LogP contribution in [0.1, 0.15) is 50.0 Å². The second kappa shape index (κ2) is 8.56. The molecule has 1 aromatic carbocycles. The summed E-state index contributed by atoms with van der Waals surface area (Å²) in [7, 11) is 0. The molecule has 2 saturated heterocycles. The summed E-state index contributed by atoms with van der Waals surface area (Å²) in [4.78, 5) is 42.0. The average Bonchev–Trinajstić information content (AvgIpc) is 3.44. The van der Waals surface area contributed by atoms with E-state index in [1.807, 2.05) is 35.2 Å². The number of carbonyl (C=O) groups is 3. The van der Waals surface area contributed by atoms with Crippen molar-refractivity contribution in [3.63, 3.8) is 0 Å². The molecule has 0 radical (unpaired) electrons. The minimum absolute atomic E-state index is 0.0214. The number of carboxylic acids is 1. The molecule has 4 rings (SSSR count). The Morgan fingerprint density at radius 2 is 1.34 bits per heavy atom. The van der Waals surface area contributed by atoms with Crippen LogP contribution in [-0.4, -0.2) is 58.9 Å². The maximum absolute atomic E-state index is 13.4. The highest BCUT2D eigenvalue weighted by atomic mass is 16.4. The van der Waals surface area contributed by atoms with Crippen LogP contribution in [0.15, 0.2) is 30.3 Å². The summed E-state index contributed by atoms with van der Waals surface area (Å²) in [5.74, 6) is -2.09. The van der Waals surface area contributed by atoms with Gasteiger partial charge >= 0.3 is 5.97 Å². The second-order valence-electron chi connectivity index (χ2n) is 8.73. The summed E-state index contributed by atoms with van der Waals surface area (Å²) in [5.41, 5.74) is 0.962. The maximum Gasteiger partial charge on any atom is 0.308 e. The Morgan fingerprint density at radius 1 is 0.759 bits per heavy atom. The van der Waals surface area contributed by atoms with Crippen LogP contribution in [0.5, 0.6) is 0 Å². The zero-order chi connectivity index (χ0) is 20.4. The number of rotatable bonds is 4. The van der Waals surface area contributed by atoms with Crippen LogP contribution in [0.4, 0.5) is 0 Å². The first-order chi connectivity index (χ1) is 14.1. The highest BCUT2D eigenvalue weighted by Crippen LogP contribution is 2.38. The summed E-state index contributed by atoms with van der Waals surface area (Å²) in [6.07, 6.45) is 5.53. The molecule has 29 heavy (non-hydrogen) atoms. The molecule has 1 aromatic rings. The lowest BCUT2D eigenvalue weighted by Crippen LogP contribution is -2.45. The summed E-state index contributed by atoms with van der Waals surface area (Å²) < 4.78 is 0. The Labute approximate surface area is 171 Å². The summed E-state index contributed by atoms with van der Waals surface area (Å²) in [5, 5.41) is 9.74. The van der Waals surface area contributed by atoms with Crippen LogP contribution in [0, 0.1) is 17.8 Å². The van der Waals surface area contributed by atoms with Gasteiger partial charge < -0.3 is 14.9 Å². The van der Waals surface area contributed by atoms with Gasteiger partial charge in [-0.15, -0.1) is 0 Å². The molecular weight excluding hydrogens is 368 g/mol. The van der Waals surface area contributed by atoms with Crippen molar-refractivity contribution < 1.29 is 19.5 Å². The molecule has 3 fully saturated rings. The van der Waals surface area contributed by atoms with E-state index in [4.69, 9.17) is 0 Å². The predicted molar refractivity (Wildman–Crippen MR) is 108 cm³/mol. The van der Waals surface area contributed by atoms with E-state index in [-0.39, 0.29) is 36.1 Å². The van der Waals surface area contributed by atoms with Crippen LogP contribution in [0.2, 0.25) is 0 Å². The standard InChI is InChI=1S/C23H30N2O4/c26-21(24-12-6-7-13-24)17-10-4-5-11-18(17)22(27)25-14-19(20(15-25)23(28)29)16-8-2-1-3-9-16/h1-3,8-9,17-20H,4-7,10-15H2,(H,28,29). The van der Waals surface area contributed by atoms with Gasteiger partial charge in [0.1, 0.15) is 0 Å². The number of amides is 2. The number of carboxylic acid groups (broad SMARTS) is 1. The molecule has 2 amide bonds. The number of carbonyl (C=O) groups excluding carboxylic acids is 2. The molecule has 0 spiro atoms. The molecule has 4 atom stereocenters. The lowest BCUT2D eigenvalue weighted by atomic mass is 9.77. The van der Waals surface area contributed by atoms with Crippen molar-refractivity contribution in [3.05, 3.63) is 35.9 Å². The average molecular weight is 399 g/mol. The Balaban J connectivity index is 1.51. The van der Waals surface area contributed by atoms with E-state index in [1.54, 1.807) is 4.90 Å². The van der Waals surface area contributed by atoms with Crippen molar-refractivity contribution in [2.75, 3.05) is 26.2 Å². The zero-order valence-corrected chi connectivity index (χ0v) is 16.8. The van der Waals surface area contributed by atoms with Gasteiger partial charge in [-0.25, -0.2) is 0 Å². The summed E-state index contributed by atoms with van der Waals surface area (Å²) in [6.45, 7) is 2.25. The lowest BCUT2D eigenvalue weighted by Gasteiger charge is -2.34. The van der Waals surface area contributed by atoms with Gasteiger partial charge in [-0.05, 0) is 31.2 Å². The molecule has 1 aliphatic carbocycles. The van der Waals surface area contributed by atoms with Gasteiger partial charge in [-0.2, -0.15) is 0 Å². The number of likely N-dealkylation sites (tertiary alicyclic amines) is 2. The van der Waals surface area contributed by atoms with Gasteiger partial charge in [0.05, 0.1) is 5.92 Å². The third kappa shape index (κ3) is 4.02. The molecule has 4 unspecified atom stereocenters. The molecular formula is C23H30N2O4. The topological polar surface area (TPSA) is 77.9 Å². The second-order valence-corrected chi connectivity index (χ2v) is 8.73. The van der Waals surface area contributed by atoms with Crippen LogP contribution < -0.4 is 0 Å². The van der Waals surface area contributed by atoms with E-state index in [9.17, 15) is 19.5 Å². The maximum atomic E-state index is 13.4. The van der Waals surface area contributed by atoms with Gasteiger partial charge in [-0.1, -0.05) is 43.2 Å². The van der Waals surface area contributed by atoms with Crippen molar-refractivity contribution in [1.82, 2.24) is 9.80 Å². The zero-order valence-electron chi connectivity index (χ0n) is 16.8. The lowest BCUT2D eigenvalue weighted by molar-refractivity contribution is -0.147. The molecule has 1 saturated carbocycles. The SMILES string of the molecule is O=C(O)C1CN(C(=O)C2CCCCC2C(=O)N2CCCC2)CC1c1ccccc1. The minimum atomic E-state index is -0.859. The van der Waals surface area contributed by atoms with Crippen LogP contribution in [0.3, 0.4) is 0 Å². The fourth-order valence-electron chi connectivity index (χ4n) is 5.40. The first kappa shape index (κ1) is 19.9. The van der Waals surface area contributed by atoms with Crippen molar-refractivity contribution in [1.29, 1.82) is 0 Å². The number of hydrogen-bond donors (Lipinski definition) is 1. The van der Waals surface area contributed by atoms with E-state index in [0.29, 0.717) is 6.54 Å². The molecule has 0 aromatic heterocycles. The van der Waals surface area contributed by atoms with Crippen molar-refractivity contribution >= 4 is 17.8 Å². The summed E-state index contributed by atoms with van der Waals surface area (Å²) >= 11 is 0. The van der Waals surface area contributed by atoms with Crippen molar-refractivity contribution in [2.45, 2.75) is 44.4 Å². The molecule has 0 bridgehead atoms. The Morgan fingerprint density at radius 3 is 1.93 bits per heavy atom. The van der Waals surface area contributed by atoms with Gasteiger partial charge in [-0.3, -0.25) is 14.4 Å². The number of hydrogen-bond acceptors (Lipinski definition) is 3. The van der Waals surface area contributed by atoms with E-state index < -0.39 is 11.9 Å². The number of nitrogens with zero attached hydrogens (tertiary/aromatic N) is 2. The van der Waals surface area contributed by atoms with Crippen LogP contribution >= 0.6 is 0 Å². The van der Waals surface area contributed by atoms with Crippen molar-refractivity contribution in [2.24, 2.45) is 17.8 Å². The number of benzene rings is 1. The predicted octanol–water partition coefficient (Wildman–Crippen LogP) is 2.74. The van der Waals surface area contributed by atoms with Gasteiger partial charge in [0.15, 0.2) is 0 Å². The molecule has 156 valence electrons. The fraction of sp³-hybridized carbons (Fsp3) is 0.609. The Kier molecular flexibility index (Phi) is 5.88. The first-order valence-corrected chi connectivity index (χ1v) is 10.9. The molecule has 3 aliphatic rings. The van der Waals surface area contributed by atoms with Crippen molar-refractivity contribution in [3.8, 4) is 0 Å². The Bertz CT molecular complexity index is 759. The quantitative estimate of drug-likeness (QED) is 0.846. The summed E-state index contributed by atoms with van der Waals surface area (Å²) in [6, 6.07) is 9.60. The fourth-order valence-corrected chi connectivity index (χ4v) is 5.40. The Hall–Kier alpha value is -2.37. The molecule has 2 heterocycles.